The van der Waals surface area contributed by atoms with Gasteiger partial charge in [0, 0.05) is 16.7 Å². The summed E-state index contributed by atoms with van der Waals surface area (Å²) in [5, 5.41) is 20.4. The molecule has 4 rings (SSSR count). The molecule has 0 fully saturated rings. The highest BCUT2D eigenvalue weighted by Gasteiger charge is 2.31. The quantitative estimate of drug-likeness (QED) is 0.412. The van der Waals surface area contributed by atoms with Gasteiger partial charge < -0.3 is 5.21 Å². The third-order valence-corrected chi connectivity index (χ3v) is 3.88. The Morgan fingerprint density at radius 1 is 1.00 bits per heavy atom. The predicted octanol–water partition coefficient (Wildman–Crippen LogP) is 3.59. The van der Waals surface area contributed by atoms with Gasteiger partial charge in [0.25, 0.3) is 0 Å². The number of aromatic nitrogens is 2. The van der Waals surface area contributed by atoms with Gasteiger partial charge in [-0.15, -0.1) is 0 Å². The fourth-order valence-corrected chi connectivity index (χ4v) is 2.83. The first-order valence-electron chi connectivity index (χ1n) is 6.77. The van der Waals surface area contributed by atoms with Crippen LogP contribution >= 0.6 is 0 Å². The average molecular weight is 275 g/mol. The molecule has 0 unspecified atom stereocenters. The van der Waals surface area contributed by atoms with E-state index in [9.17, 15) is 5.21 Å². The van der Waals surface area contributed by atoms with Crippen molar-refractivity contribution in [1.29, 1.82) is 0 Å². The molecule has 3 aromatic rings. The van der Waals surface area contributed by atoms with Crippen molar-refractivity contribution in [2.45, 2.75) is 6.92 Å². The van der Waals surface area contributed by atoms with Gasteiger partial charge in [0.05, 0.1) is 11.3 Å². The van der Waals surface area contributed by atoms with Crippen molar-refractivity contribution in [3.05, 3.63) is 65.2 Å². The summed E-state index contributed by atoms with van der Waals surface area (Å²) in [5.74, 6) is 0. The Morgan fingerprint density at radius 2 is 1.71 bits per heavy atom. The van der Waals surface area contributed by atoms with Crippen molar-refractivity contribution < 1.29 is 5.21 Å². The second kappa shape index (κ2) is 4.31. The molecule has 102 valence electrons. The standard InChI is InChI=1S/C17H13N3O/c1-10-6-8-11(9-7-10)15-14-16(19-18-15)12-4-2-3-5-13(12)17(14)20-21/h2-9,21H,1H3,(H,18,19)/b20-17+. The Labute approximate surface area is 121 Å². The third-order valence-electron chi connectivity index (χ3n) is 3.88. The van der Waals surface area contributed by atoms with E-state index in [0.717, 1.165) is 33.6 Å². The van der Waals surface area contributed by atoms with E-state index in [1.807, 2.05) is 48.5 Å². The number of aryl methyl sites for hydroxylation is 1. The molecule has 0 aliphatic heterocycles. The molecule has 0 saturated carbocycles. The molecule has 0 atom stereocenters. The van der Waals surface area contributed by atoms with E-state index in [-0.39, 0.29) is 0 Å². The molecule has 0 saturated heterocycles. The molecule has 0 spiro atoms. The molecule has 1 aromatic heterocycles. The molecule has 4 heteroatoms. The van der Waals surface area contributed by atoms with Gasteiger partial charge in [-0.05, 0) is 6.92 Å². The van der Waals surface area contributed by atoms with Crippen LogP contribution in [0.15, 0.2) is 53.7 Å². The van der Waals surface area contributed by atoms with Crippen molar-refractivity contribution in [2.24, 2.45) is 5.16 Å². The fraction of sp³-hybridized carbons (Fsp3) is 0.0588. The highest BCUT2D eigenvalue weighted by molar-refractivity contribution is 6.26. The van der Waals surface area contributed by atoms with Gasteiger partial charge in [0.15, 0.2) is 0 Å². The maximum atomic E-state index is 9.44. The monoisotopic (exact) mass is 275 g/mol. The van der Waals surface area contributed by atoms with E-state index in [2.05, 4.69) is 22.3 Å². The van der Waals surface area contributed by atoms with Crippen molar-refractivity contribution in [3.8, 4) is 22.5 Å². The minimum absolute atomic E-state index is 0.574. The maximum absolute atomic E-state index is 9.44. The first-order valence-corrected chi connectivity index (χ1v) is 6.77. The molecule has 21 heavy (non-hydrogen) atoms. The molecule has 2 N–H and O–H groups in total. The number of nitrogens with zero attached hydrogens (tertiary/aromatic N) is 2. The number of fused-ring (bicyclic) bond motifs is 3. The zero-order valence-corrected chi connectivity index (χ0v) is 11.5. The Kier molecular flexibility index (Phi) is 2.44. The minimum Gasteiger partial charge on any atom is -0.410 e. The van der Waals surface area contributed by atoms with E-state index < -0.39 is 0 Å². The SMILES string of the molecule is Cc1ccc(-c2n[nH]c3c2/C(=N/O)c2ccccc2-3)cc1. The number of hydrogen-bond acceptors (Lipinski definition) is 3. The van der Waals surface area contributed by atoms with E-state index in [4.69, 9.17) is 0 Å². The Hall–Kier alpha value is -2.88. The number of benzene rings is 2. The number of rotatable bonds is 1. The van der Waals surface area contributed by atoms with Gasteiger partial charge >= 0.3 is 0 Å². The molecule has 0 amide bonds. The molecule has 4 nitrogen and oxygen atoms in total. The van der Waals surface area contributed by atoms with Gasteiger partial charge in [-0.3, -0.25) is 5.10 Å². The zero-order chi connectivity index (χ0) is 14.4. The molecule has 0 bridgehead atoms. The fourth-order valence-electron chi connectivity index (χ4n) is 2.83. The van der Waals surface area contributed by atoms with Gasteiger partial charge in [-0.25, -0.2) is 0 Å². The summed E-state index contributed by atoms with van der Waals surface area (Å²) in [6, 6.07) is 16.0. The summed E-state index contributed by atoms with van der Waals surface area (Å²) in [7, 11) is 0. The summed E-state index contributed by atoms with van der Waals surface area (Å²) >= 11 is 0. The van der Waals surface area contributed by atoms with Crippen LogP contribution in [0.25, 0.3) is 22.5 Å². The summed E-state index contributed by atoms with van der Waals surface area (Å²) in [6.45, 7) is 2.05. The van der Waals surface area contributed by atoms with E-state index in [1.165, 1.54) is 5.56 Å². The number of H-pyrrole nitrogens is 1. The van der Waals surface area contributed by atoms with Gasteiger partial charge in [0.1, 0.15) is 11.4 Å². The molecule has 1 aliphatic rings. The molecule has 1 aliphatic carbocycles. The molecular weight excluding hydrogens is 262 g/mol. The van der Waals surface area contributed by atoms with Gasteiger partial charge in [-0.1, -0.05) is 59.3 Å². The van der Waals surface area contributed by atoms with Crippen molar-refractivity contribution in [2.75, 3.05) is 0 Å². The second-order valence-electron chi connectivity index (χ2n) is 5.18. The Balaban J connectivity index is 1.97. The Morgan fingerprint density at radius 3 is 2.43 bits per heavy atom. The van der Waals surface area contributed by atoms with Crippen molar-refractivity contribution in [3.63, 3.8) is 0 Å². The minimum atomic E-state index is 0.574. The third kappa shape index (κ3) is 1.62. The van der Waals surface area contributed by atoms with Crippen LogP contribution in [-0.2, 0) is 0 Å². The first kappa shape index (κ1) is 11.9. The van der Waals surface area contributed by atoms with Crippen molar-refractivity contribution >= 4 is 5.71 Å². The second-order valence-corrected chi connectivity index (χ2v) is 5.18. The lowest BCUT2D eigenvalue weighted by atomic mass is 10.0. The lowest BCUT2D eigenvalue weighted by molar-refractivity contribution is 0.320. The molecule has 2 aromatic carbocycles. The summed E-state index contributed by atoms with van der Waals surface area (Å²) in [6.07, 6.45) is 0. The lowest BCUT2D eigenvalue weighted by Gasteiger charge is -2.02. The smallest absolute Gasteiger partial charge is 0.122 e. The molecule has 0 radical (unpaired) electrons. The van der Waals surface area contributed by atoms with Crippen LogP contribution in [0.3, 0.4) is 0 Å². The van der Waals surface area contributed by atoms with Crippen LogP contribution < -0.4 is 0 Å². The van der Waals surface area contributed by atoms with Crippen LogP contribution in [0.5, 0.6) is 0 Å². The van der Waals surface area contributed by atoms with Gasteiger partial charge in [0.2, 0.25) is 0 Å². The number of oxime groups is 1. The summed E-state index contributed by atoms with van der Waals surface area (Å²) in [4.78, 5) is 0. The highest BCUT2D eigenvalue weighted by Crippen LogP contribution is 2.40. The predicted molar refractivity (Wildman–Crippen MR) is 81.6 cm³/mol. The van der Waals surface area contributed by atoms with E-state index in [1.54, 1.807) is 0 Å². The molecule has 1 heterocycles. The normalized spacial score (nSPS) is 14.2. The van der Waals surface area contributed by atoms with Crippen LogP contribution in [0.4, 0.5) is 0 Å². The van der Waals surface area contributed by atoms with E-state index >= 15 is 0 Å². The number of hydrogen-bond donors (Lipinski definition) is 2. The van der Waals surface area contributed by atoms with Crippen LogP contribution in [0.2, 0.25) is 0 Å². The highest BCUT2D eigenvalue weighted by atomic mass is 16.4. The number of nitrogens with one attached hydrogen (secondary N) is 1. The number of aromatic amines is 1. The van der Waals surface area contributed by atoms with Crippen molar-refractivity contribution in [1.82, 2.24) is 10.2 Å². The largest absolute Gasteiger partial charge is 0.410 e. The average Bonchev–Trinajstić information content (AvgIpc) is 3.06. The Bertz CT molecular complexity index is 860. The topological polar surface area (TPSA) is 61.3 Å². The van der Waals surface area contributed by atoms with E-state index in [0.29, 0.717) is 5.71 Å². The van der Waals surface area contributed by atoms with Gasteiger partial charge in [-0.2, -0.15) is 5.10 Å². The summed E-state index contributed by atoms with van der Waals surface area (Å²) < 4.78 is 0. The zero-order valence-electron chi connectivity index (χ0n) is 11.5. The van der Waals surface area contributed by atoms with Crippen LogP contribution in [0, 0.1) is 6.92 Å². The van der Waals surface area contributed by atoms with Crippen LogP contribution in [0.1, 0.15) is 16.7 Å². The molecular formula is C17H13N3O. The lowest BCUT2D eigenvalue weighted by Crippen LogP contribution is -1.99. The maximum Gasteiger partial charge on any atom is 0.122 e. The summed E-state index contributed by atoms with van der Waals surface area (Å²) in [5.41, 5.74) is 7.32. The van der Waals surface area contributed by atoms with Crippen LogP contribution in [-0.4, -0.2) is 21.1 Å². The first-order chi connectivity index (χ1) is 10.3.